The van der Waals surface area contributed by atoms with Crippen LogP contribution in [0.25, 0.3) is 22.0 Å². The summed E-state index contributed by atoms with van der Waals surface area (Å²) in [6, 6.07) is 2.87. The van der Waals surface area contributed by atoms with Crippen molar-refractivity contribution in [1.29, 1.82) is 0 Å². The van der Waals surface area contributed by atoms with Crippen molar-refractivity contribution >= 4 is 16.8 Å². The first-order chi connectivity index (χ1) is 9.24. The van der Waals surface area contributed by atoms with Crippen molar-refractivity contribution in [3.63, 3.8) is 0 Å². The summed E-state index contributed by atoms with van der Waals surface area (Å²) in [5.74, 6) is -0.458. The van der Waals surface area contributed by atoms with Crippen LogP contribution < -0.4 is 5.32 Å². The Hall–Kier alpha value is -2.63. The van der Waals surface area contributed by atoms with Gasteiger partial charge in [-0.2, -0.15) is 5.10 Å². The number of carbonyl (C=O) groups excluding carboxylic acids is 1. The van der Waals surface area contributed by atoms with Gasteiger partial charge in [-0.1, -0.05) is 0 Å². The fourth-order valence-electron chi connectivity index (χ4n) is 2.58. The average Bonchev–Trinajstić information content (AvgIpc) is 3.06. The number of aromatic nitrogens is 3. The van der Waals surface area contributed by atoms with E-state index in [2.05, 4.69) is 20.5 Å². The van der Waals surface area contributed by atoms with Crippen LogP contribution in [-0.4, -0.2) is 21.1 Å². The first-order valence-electron chi connectivity index (χ1n) is 5.85. The van der Waals surface area contributed by atoms with Gasteiger partial charge in [0.05, 0.1) is 11.7 Å². The SMILES string of the molecule is O=C1NCc2c(-c3cc(F)cc4[nH]ncc34)c[nH]c21. The molecule has 3 heterocycles. The van der Waals surface area contributed by atoms with Crippen molar-refractivity contribution < 1.29 is 9.18 Å². The molecule has 4 rings (SSSR count). The zero-order chi connectivity index (χ0) is 13.0. The Bertz CT molecular complexity index is 817. The fraction of sp³-hybridized carbons (Fsp3) is 0.0769. The molecule has 6 heteroatoms. The predicted molar refractivity (Wildman–Crippen MR) is 67.0 cm³/mol. The highest BCUT2D eigenvalue weighted by molar-refractivity contribution is 6.02. The number of fused-ring (bicyclic) bond motifs is 2. The summed E-state index contributed by atoms with van der Waals surface area (Å²) in [7, 11) is 0. The maximum atomic E-state index is 13.7. The number of halogens is 1. The van der Waals surface area contributed by atoms with Crippen LogP contribution in [0, 0.1) is 5.82 Å². The van der Waals surface area contributed by atoms with Gasteiger partial charge < -0.3 is 10.3 Å². The monoisotopic (exact) mass is 256 g/mol. The van der Waals surface area contributed by atoms with Crippen molar-refractivity contribution in [3.05, 3.63) is 41.6 Å². The maximum absolute atomic E-state index is 13.7. The van der Waals surface area contributed by atoms with Gasteiger partial charge >= 0.3 is 0 Å². The molecule has 5 nitrogen and oxygen atoms in total. The molecule has 19 heavy (non-hydrogen) atoms. The molecule has 0 atom stereocenters. The minimum Gasteiger partial charge on any atom is -0.356 e. The molecule has 0 aliphatic carbocycles. The van der Waals surface area contributed by atoms with Gasteiger partial charge in [-0.3, -0.25) is 9.89 Å². The summed E-state index contributed by atoms with van der Waals surface area (Å²) >= 11 is 0. The lowest BCUT2D eigenvalue weighted by molar-refractivity contribution is 0.0961. The molecule has 0 fully saturated rings. The topological polar surface area (TPSA) is 73.6 Å². The number of benzene rings is 1. The molecule has 94 valence electrons. The molecule has 0 radical (unpaired) electrons. The quantitative estimate of drug-likeness (QED) is 0.622. The summed E-state index contributed by atoms with van der Waals surface area (Å²) in [6.07, 6.45) is 3.40. The second-order valence-electron chi connectivity index (χ2n) is 4.52. The van der Waals surface area contributed by atoms with Gasteiger partial charge in [-0.15, -0.1) is 0 Å². The Morgan fingerprint density at radius 1 is 1.26 bits per heavy atom. The van der Waals surface area contributed by atoms with Crippen molar-refractivity contribution in [1.82, 2.24) is 20.5 Å². The molecule has 1 aliphatic rings. The number of amides is 1. The molecule has 0 bridgehead atoms. The van der Waals surface area contributed by atoms with E-state index >= 15 is 0 Å². The molecule has 0 saturated carbocycles. The minimum atomic E-state index is -0.334. The standard InChI is InChI=1S/C13H9FN4O/c14-6-1-7(9-5-17-18-11(9)2-6)8-3-15-12-10(8)4-16-13(12)19/h1-3,5,15H,4H2,(H,16,19)(H,17,18). The van der Waals surface area contributed by atoms with Crippen LogP contribution >= 0.6 is 0 Å². The van der Waals surface area contributed by atoms with Gasteiger partial charge in [0, 0.05) is 29.3 Å². The third-order valence-electron chi connectivity index (χ3n) is 3.45. The van der Waals surface area contributed by atoms with E-state index in [1.807, 2.05) is 0 Å². The van der Waals surface area contributed by atoms with Crippen LogP contribution in [0.3, 0.4) is 0 Å². The van der Waals surface area contributed by atoms with Crippen LogP contribution in [0.15, 0.2) is 24.5 Å². The van der Waals surface area contributed by atoms with Crippen molar-refractivity contribution in [2.45, 2.75) is 6.54 Å². The summed E-state index contributed by atoms with van der Waals surface area (Å²) in [5.41, 5.74) is 3.63. The van der Waals surface area contributed by atoms with Gasteiger partial charge in [0.25, 0.3) is 5.91 Å². The molecule has 3 aromatic rings. The smallest absolute Gasteiger partial charge is 0.268 e. The Labute approximate surface area is 106 Å². The molecule has 0 spiro atoms. The zero-order valence-electron chi connectivity index (χ0n) is 9.75. The molecular weight excluding hydrogens is 247 g/mol. The van der Waals surface area contributed by atoms with Crippen LogP contribution in [-0.2, 0) is 6.54 Å². The summed E-state index contributed by atoms with van der Waals surface area (Å²) in [6.45, 7) is 0.461. The molecule has 1 amide bonds. The van der Waals surface area contributed by atoms with Crippen LogP contribution in [0.5, 0.6) is 0 Å². The number of H-pyrrole nitrogens is 2. The van der Waals surface area contributed by atoms with Gasteiger partial charge in [-0.25, -0.2) is 4.39 Å². The van der Waals surface area contributed by atoms with Crippen LogP contribution in [0.1, 0.15) is 16.1 Å². The molecule has 0 unspecified atom stereocenters. The van der Waals surface area contributed by atoms with E-state index in [0.717, 1.165) is 22.1 Å². The van der Waals surface area contributed by atoms with Gasteiger partial charge in [0.15, 0.2) is 0 Å². The van der Waals surface area contributed by atoms with E-state index in [9.17, 15) is 9.18 Å². The third-order valence-corrected chi connectivity index (χ3v) is 3.45. The van der Waals surface area contributed by atoms with E-state index < -0.39 is 0 Å². The first-order valence-corrected chi connectivity index (χ1v) is 5.85. The molecule has 2 aromatic heterocycles. The molecular formula is C13H9FN4O. The lowest BCUT2D eigenvalue weighted by Crippen LogP contribution is -2.13. The predicted octanol–water partition coefficient (Wildman–Crippen LogP) is 1.94. The lowest BCUT2D eigenvalue weighted by Gasteiger charge is -2.03. The highest BCUT2D eigenvalue weighted by Gasteiger charge is 2.25. The minimum absolute atomic E-state index is 0.124. The largest absolute Gasteiger partial charge is 0.356 e. The summed E-state index contributed by atoms with van der Waals surface area (Å²) in [4.78, 5) is 14.5. The van der Waals surface area contributed by atoms with Crippen molar-refractivity contribution in [2.75, 3.05) is 0 Å². The van der Waals surface area contributed by atoms with E-state index in [0.29, 0.717) is 17.8 Å². The normalized spacial score (nSPS) is 13.8. The summed E-state index contributed by atoms with van der Waals surface area (Å²) < 4.78 is 13.7. The average molecular weight is 256 g/mol. The first kappa shape index (κ1) is 10.3. The number of nitrogens with zero attached hydrogens (tertiary/aromatic N) is 1. The van der Waals surface area contributed by atoms with Gasteiger partial charge in [0.1, 0.15) is 11.5 Å². The maximum Gasteiger partial charge on any atom is 0.268 e. The third kappa shape index (κ3) is 1.33. The number of carbonyl (C=O) groups is 1. The summed E-state index contributed by atoms with van der Waals surface area (Å²) in [5, 5.41) is 10.3. The Morgan fingerprint density at radius 2 is 2.16 bits per heavy atom. The van der Waals surface area contributed by atoms with E-state index in [4.69, 9.17) is 0 Å². The van der Waals surface area contributed by atoms with E-state index in [1.54, 1.807) is 12.4 Å². The van der Waals surface area contributed by atoms with Gasteiger partial charge in [0.2, 0.25) is 0 Å². The number of hydrogen-bond acceptors (Lipinski definition) is 2. The number of rotatable bonds is 1. The Balaban J connectivity index is 2.03. The van der Waals surface area contributed by atoms with Crippen LogP contribution in [0.2, 0.25) is 0 Å². The molecule has 3 N–H and O–H groups in total. The zero-order valence-corrected chi connectivity index (χ0v) is 9.75. The Morgan fingerprint density at radius 3 is 3.05 bits per heavy atom. The van der Waals surface area contributed by atoms with Crippen molar-refractivity contribution in [2.24, 2.45) is 0 Å². The lowest BCUT2D eigenvalue weighted by atomic mass is 10.0. The second-order valence-corrected chi connectivity index (χ2v) is 4.52. The Kier molecular flexibility index (Phi) is 1.87. The molecule has 1 aromatic carbocycles. The molecule has 0 saturated heterocycles. The van der Waals surface area contributed by atoms with E-state index in [1.165, 1.54) is 12.1 Å². The molecule has 1 aliphatic heterocycles. The van der Waals surface area contributed by atoms with Gasteiger partial charge in [-0.05, 0) is 17.7 Å². The number of nitrogens with one attached hydrogen (secondary N) is 3. The van der Waals surface area contributed by atoms with Crippen LogP contribution in [0.4, 0.5) is 4.39 Å². The number of hydrogen-bond donors (Lipinski definition) is 3. The highest BCUT2D eigenvalue weighted by Crippen LogP contribution is 2.34. The van der Waals surface area contributed by atoms with Crippen molar-refractivity contribution in [3.8, 4) is 11.1 Å². The second kappa shape index (κ2) is 3.44. The fourth-order valence-corrected chi connectivity index (χ4v) is 2.58. The highest BCUT2D eigenvalue weighted by atomic mass is 19.1. The number of aromatic amines is 2. The van der Waals surface area contributed by atoms with E-state index in [-0.39, 0.29) is 11.7 Å².